The molecule has 0 bridgehead atoms. The van der Waals surface area contributed by atoms with Gasteiger partial charge in [-0.15, -0.1) is 5.10 Å². The van der Waals surface area contributed by atoms with Crippen molar-refractivity contribution in [2.24, 2.45) is 0 Å². The number of carbonyl (C=O) groups excluding carboxylic acids is 1. The molecule has 3 aromatic rings. The van der Waals surface area contributed by atoms with Gasteiger partial charge < -0.3 is 9.88 Å². The van der Waals surface area contributed by atoms with E-state index >= 15 is 0 Å². The summed E-state index contributed by atoms with van der Waals surface area (Å²) < 4.78 is 1.76. The smallest absolute Gasteiger partial charge is 0.229 e. The predicted molar refractivity (Wildman–Crippen MR) is 84.8 cm³/mol. The topological polar surface area (TPSA) is 79.7 Å². The van der Waals surface area contributed by atoms with Gasteiger partial charge in [-0.05, 0) is 24.6 Å². The van der Waals surface area contributed by atoms with Gasteiger partial charge >= 0.3 is 0 Å². The van der Waals surface area contributed by atoms with E-state index in [4.69, 9.17) is 0 Å². The number of nitrogens with one attached hydrogen (secondary N) is 1. The highest BCUT2D eigenvalue weighted by Crippen LogP contribution is 2.28. The maximum atomic E-state index is 12.4. The number of nitrogens with zero attached hydrogens (tertiary/aromatic N) is 5. The van der Waals surface area contributed by atoms with E-state index in [2.05, 4.69) is 20.3 Å². The highest BCUT2D eigenvalue weighted by molar-refractivity contribution is 5.96. The van der Waals surface area contributed by atoms with Gasteiger partial charge in [-0.3, -0.25) is 4.79 Å². The van der Waals surface area contributed by atoms with E-state index in [0.29, 0.717) is 24.5 Å². The van der Waals surface area contributed by atoms with Crippen LogP contribution in [0.5, 0.6) is 0 Å². The summed E-state index contributed by atoms with van der Waals surface area (Å²) in [7, 11) is 0. The number of rotatable bonds is 3. The van der Waals surface area contributed by atoms with Crippen LogP contribution in [0.3, 0.4) is 0 Å². The molecule has 116 valence electrons. The van der Waals surface area contributed by atoms with Crippen molar-refractivity contribution < 1.29 is 4.79 Å². The van der Waals surface area contributed by atoms with Crippen LogP contribution >= 0.6 is 0 Å². The first-order valence-corrected chi connectivity index (χ1v) is 7.49. The molecule has 2 aromatic heterocycles. The second-order valence-corrected chi connectivity index (χ2v) is 5.72. The van der Waals surface area contributed by atoms with Crippen LogP contribution in [-0.2, 0) is 4.79 Å². The van der Waals surface area contributed by atoms with Crippen molar-refractivity contribution >= 4 is 11.6 Å². The Hall–Kier alpha value is -2.96. The molecule has 4 rings (SSSR count). The lowest BCUT2D eigenvalue weighted by atomic mass is 10.2. The summed E-state index contributed by atoms with van der Waals surface area (Å²) in [5.74, 6) is 0.784. The zero-order chi connectivity index (χ0) is 15.8. The van der Waals surface area contributed by atoms with Crippen LogP contribution in [0.15, 0.2) is 42.9 Å². The average molecular weight is 308 g/mol. The Morgan fingerprint density at radius 3 is 3.04 bits per heavy atom. The highest BCUT2D eigenvalue weighted by atomic mass is 16.2. The number of hydrogen-bond acceptors (Lipinski definition) is 4. The minimum atomic E-state index is -0.0146. The Morgan fingerprint density at radius 1 is 1.35 bits per heavy atom. The molecule has 1 N–H and O–H groups in total. The summed E-state index contributed by atoms with van der Waals surface area (Å²) in [6.07, 6.45) is 5.67. The van der Waals surface area contributed by atoms with Crippen molar-refractivity contribution in [3.8, 4) is 11.5 Å². The lowest BCUT2D eigenvalue weighted by Crippen LogP contribution is -2.25. The molecular weight excluding hydrogens is 292 g/mol. The molecule has 1 aliphatic rings. The number of aryl methyl sites for hydroxylation is 1. The van der Waals surface area contributed by atoms with Crippen LogP contribution in [0.4, 0.5) is 5.69 Å². The fraction of sp³-hybridized carbons (Fsp3) is 0.250. The second-order valence-electron chi connectivity index (χ2n) is 5.72. The first-order chi connectivity index (χ1) is 11.2. The van der Waals surface area contributed by atoms with E-state index in [9.17, 15) is 4.79 Å². The molecule has 23 heavy (non-hydrogen) atoms. The van der Waals surface area contributed by atoms with Gasteiger partial charge in [0, 0.05) is 24.6 Å². The molecule has 0 radical (unpaired) electrons. The van der Waals surface area contributed by atoms with E-state index in [-0.39, 0.29) is 11.9 Å². The fourth-order valence-electron chi connectivity index (χ4n) is 2.88. The second kappa shape index (κ2) is 5.35. The van der Waals surface area contributed by atoms with Crippen LogP contribution in [0.25, 0.3) is 11.5 Å². The molecule has 1 aromatic carbocycles. The summed E-state index contributed by atoms with van der Waals surface area (Å²) in [6, 6.07) is 7.96. The quantitative estimate of drug-likeness (QED) is 0.802. The number of aromatic amines is 1. The normalized spacial score (nSPS) is 17.9. The Balaban J connectivity index is 1.57. The maximum Gasteiger partial charge on any atom is 0.229 e. The summed E-state index contributed by atoms with van der Waals surface area (Å²) >= 11 is 0. The standard InChI is InChI=1S/C16H16N6O/c1-11-3-2-4-12(7-11)21-9-13(8-15(21)23)22-10-14(19-20-22)16-17-5-6-18-16/h2-7,10,13H,8-9H2,1H3,(H,17,18)/t13-/m0/s1. The van der Waals surface area contributed by atoms with Gasteiger partial charge in [0.1, 0.15) is 5.69 Å². The minimum absolute atomic E-state index is 0.0146. The van der Waals surface area contributed by atoms with Gasteiger partial charge in [-0.1, -0.05) is 17.3 Å². The fourth-order valence-corrected chi connectivity index (χ4v) is 2.88. The molecule has 0 aliphatic carbocycles. The number of H-pyrrole nitrogens is 1. The van der Waals surface area contributed by atoms with Crippen molar-refractivity contribution in [3.05, 3.63) is 48.4 Å². The third-order valence-electron chi connectivity index (χ3n) is 4.04. The van der Waals surface area contributed by atoms with Gasteiger partial charge in [0.15, 0.2) is 5.82 Å². The molecule has 1 saturated heterocycles. The Bertz CT molecular complexity index is 838. The summed E-state index contributed by atoms with van der Waals surface area (Å²) in [5.41, 5.74) is 2.75. The number of hydrogen-bond donors (Lipinski definition) is 1. The van der Waals surface area contributed by atoms with Gasteiger partial charge in [0.05, 0.1) is 18.7 Å². The molecule has 3 heterocycles. The van der Waals surface area contributed by atoms with Crippen LogP contribution < -0.4 is 4.90 Å². The largest absolute Gasteiger partial charge is 0.343 e. The number of benzene rings is 1. The SMILES string of the molecule is Cc1cccc(N2C[C@@H](n3cc(-c4ncc[nH]4)nn3)CC2=O)c1. The van der Waals surface area contributed by atoms with Gasteiger partial charge in [0.25, 0.3) is 0 Å². The van der Waals surface area contributed by atoms with Crippen molar-refractivity contribution in [2.75, 3.05) is 11.4 Å². The Morgan fingerprint density at radius 2 is 2.26 bits per heavy atom. The van der Waals surface area contributed by atoms with Crippen LogP contribution in [0, 0.1) is 6.92 Å². The number of imidazole rings is 1. The third kappa shape index (κ3) is 2.50. The van der Waals surface area contributed by atoms with E-state index in [1.54, 1.807) is 17.1 Å². The maximum absolute atomic E-state index is 12.4. The van der Waals surface area contributed by atoms with Crippen molar-refractivity contribution in [1.82, 2.24) is 25.0 Å². The van der Waals surface area contributed by atoms with Gasteiger partial charge in [0.2, 0.25) is 5.91 Å². The Kier molecular flexibility index (Phi) is 3.18. The molecule has 0 saturated carbocycles. The van der Waals surface area contributed by atoms with Crippen molar-refractivity contribution in [2.45, 2.75) is 19.4 Å². The first kappa shape index (κ1) is 13.7. The highest BCUT2D eigenvalue weighted by Gasteiger charge is 2.32. The summed E-state index contributed by atoms with van der Waals surface area (Å²) in [6.45, 7) is 2.62. The monoisotopic (exact) mass is 308 g/mol. The Labute approximate surface area is 133 Å². The van der Waals surface area contributed by atoms with E-state index in [0.717, 1.165) is 11.3 Å². The molecule has 1 fully saturated rings. The summed E-state index contributed by atoms with van der Waals surface area (Å²) in [4.78, 5) is 21.3. The molecule has 1 atom stereocenters. The number of anilines is 1. The van der Waals surface area contributed by atoms with Crippen LogP contribution in [0.2, 0.25) is 0 Å². The molecule has 0 unspecified atom stereocenters. The number of carbonyl (C=O) groups is 1. The minimum Gasteiger partial charge on any atom is -0.343 e. The lowest BCUT2D eigenvalue weighted by Gasteiger charge is -2.17. The van der Waals surface area contributed by atoms with E-state index in [1.807, 2.05) is 42.3 Å². The third-order valence-corrected chi connectivity index (χ3v) is 4.04. The number of aromatic nitrogens is 5. The zero-order valence-corrected chi connectivity index (χ0v) is 12.7. The molecule has 7 heteroatoms. The molecule has 1 amide bonds. The molecule has 0 spiro atoms. The molecule has 7 nitrogen and oxygen atoms in total. The lowest BCUT2D eigenvalue weighted by molar-refractivity contribution is -0.117. The van der Waals surface area contributed by atoms with Crippen LogP contribution in [-0.4, -0.2) is 37.4 Å². The van der Waals surface area contributed by atoms with Gasteiger partial charge in [-0.2, -0.15) is 0 Å². The number of amides is 1. The van der Waals surface area contributed by atoms with E-state index in [1.165, 1.54) is 0 Å². The van der Waals surface area contributed by atoms with E-state index < -0.39 is 0 Å². The molecular formula is C16H16N6O. The van der Waals surface area contributed by atoms with Crippen LogP contribution in [0.1, 0.15) is 18.0 Å². The van der Waals surface area contributed by atoms with Gasteiger partial charge in [-0.25, -0.2) is 9.67 Å². The van der Waals surface area contributed by atoms with Crippen molar-refractivity contribution in [1.29, 1.82) is 0 Å². The predicted octanol–water partition coefficient (Wildman–Crippen LogP) is 1.95. The molecule has 1 aliphatic heterocycles. The van der Waals surface area contributed by atoms with Crippen molar-refractivity contribution in [3.63, 3.8) is 0 Å². The summed E-state index contributed by atoms with van der Waals surface area (Å²) in [5, 5.41) is 8.29. The average Bonchev–Trinajstić information content (AvgIpc) is 3.27. The first-order valence-electron chi connectivity index (χ1n) is 7.49. The zero-order valence-electron chi connectivity index (χ0n) is 12.7.